The third-order valence-corrected chi connectivity index (χ3v) is 10.6. The van der Waals surface area contributed by atoms with Gasteiger partial charge in [-0.3, -0.25) is 0 Å². The fraction of sp³-hybridized carbons (Fsp3) is 0. The van der Waals surface area contributed by atoms with Crippen LogP contribution in [0.1, 0.15) is 0 Å². The van der Waals surface area contributed by atoms with Crippen LogP contribution in [0.3, 0.4) is 0 Å². The molecule has 0 unspecified atom stereocenters. The zero-order chi connectivity index (χ0) is 33.5. The highest BCUT2D eigenvalue weighted by Crippen LogP contribution is 2.46. The van der Waals surface area contributed by atoms with Crippen LogP contribution in [0.15, 0.2) is 186 Å². The molecule has 0 aliphatic rings. The highest BCUT2D eigenvalue weighted by molar-refractivity contribution is 6.21. The van der Waals surface area contributed by atoms with E-state index >= 15 is 0 Å². The molecule has 0 amide bonds. The zero-order valence-electron chi connectivity index (χ0n) is 27.6. The van der Waals surface area contributed by atoms with E-state index in [4.69, 9.17) is 4.42 Å². The summed E-state index contributed by atoms with van der Waals surface area (Å²) >= 11 is 0. The molecule has 3 heteroatoms. The molecule has 2 heterocycles. The van der Waals surface area contributed by atoms with Crippen molar-refractivity contribution in [2.45, 2.75) is 0 Å². The van der Waals surface area contributed by atoms with E-state index in [-0.39, 0.29) is 0 Å². The van der Waals surface area contributed by atoms with Crippen molar-refractivity contribution >= 4 is 93.1 Å². The molecule has 0 aliphatic carbocycles. The first kappa shape index (κ1) is 28.0. The van der Waals surface area contributed by atoms with Gasteiger partial charge in [-0.1, -0.05) is 127 Å². The minimum Gasteiger partial charge on any atom is -0.454 e. The Morgan fingerprint density at radius 1 is 0.373 bits per heavy atom. The molecule has 0 saturated carbocycles. The molecule has 0 aliphatic heterocycles. The SMILES string of the molecule is c1ccc(-n2c3ccccc3c3cc(N(c4cccc5c4ccc4c6ccccc6ccc54)c4cccc5c4oc4ccccc45)ccc32)cc1. The first-order chi connectivity index (χ1) is 25.3. The van der Waals surface area contributed by atoms with Gasteiger partial charge >= 0.3 is 0 Å². The van der Waals surface area contributed by atoms with Crippen molar-refractivity contribution in [3.8, 4) is 5.69 Å². The van der Waals surface area contributed by atoms with Gasteiger partial charge in [-0.15, -0.1) is 0 Å². The summed E-state index contributed by atoms with van der Waals surface area (Å²) in [7, 11) is 0. The number of para-hydroxylation sites is 4. The van der Waals surface area contributed by atoms with Crippen LogP contribution in [0.25, 0.3) is 81.7 Å². The zero-order valence-corrected chi connectivity index (χ0v) is 27.6. The Morgan fingerprint density at radius 2 is 1.00 bits per heavy atom. The molecule has 11 aromatic rings. The summed E-state index contributed by atoms with van der Waals surface area (Å²) in [5.74, 6) is 0. The van der Waals surface area contributed by atoms with Crippen molar-refractivity contribution in [2.75, 3.05) is 4.90 Å². The van der Waals surface area contributed by atoms with E-state index in [1.165, 1.54) is 54.1 Å². The molecular formula is C48H30N2O. The molecular weight excluding hydrogens is 621 g/mol. The molecule has 2 aromatic heterocycles. The van der Waals surface area contributed by atoms with Crippen LogP contribution >= 0.6 is 0 Å². The van der Waals surface area contributed by atoms with Gasteiger partial charge in [-0.25, -0.2) is 0 Å². The van der Waals surface area contributed by atoms with Crippen molar-refractivity contribution in [3.63, 3.8) is 0 Å². The van der Waals surface area contributed by atoms with E-state index in [0.29, 0.717) is 0 Å². The third-order valence-electron chi connectivity index (χ3n) is 10.6. The van der Waals surface area contributed by atoms with Crippen molar-refractivity contribution in [1.29, 1.82) is 0 Å². The molecule has 0 atom stereocenters. The van der Waals surface area contributed by atoms with E-state index in [1.54, 1.807) is 0 Å². The van der Waals surface area contributed by atoms with Gasteiger partial charge in [-0.05, 0) is 81.5 Å². The molecule has 0 spiro atoms. The molecule has 11 rings (SSSR count). The number of aromatic nitrogens is 1. The topological polar surface area (TPSA) is 21.3 Å². The van der Waals surface area contributed by atoms with Gasteiger partial charge in [0.05, 0.1) is 22.4 Å². The minimum absolute atomic E-state index is 0.870. The van der Waals surface area contributed by atoms with Gasteiger partial charge in [0.25, 0.3) is 0 Å². The highest BCUT2D eigenvalue weighted by atomic mass is 16.3. The molecule has 0 saturated heterocycles. The van der Waals surface area contributed by atoms with Crippen LogP contribution in [0.4, 0.5) is 17.1 Å². The fourth-order valence-corrected chi connectivity index (χ4v) is 8.31. The highest BCUT2D eigenvalue weighted by Gasteiger charge is 2.23. The second-order valence-corrected chi connectivity index (χ2v) is 13.3. The van der Waals surface area contributed by atoms with E-state index < -0.39 is 0 Å². The molecule has 238 valence electrons. The number of hydrogen-bond acceptors (Lipinski definition) is 2. The second kappa shape index (κ2) is 10.8. The summed E-state index contributed by atoms with van der Waals surface area (Å²) in [6.07, 6.45) is 0. The Labute approximate surface area is 293 Å². The van der Waals surface area contributed by atoms with Crippen LogP contribution in [-0.4, -0.2) is 4.57 Å². The van der Waals surface area contributed by atoms with Gasteiger partial charge in [-0.2, -0.15) is 0 Å². The lowest BCUT2D eigenvalue weighted by Crippen LogP contribution is -2.11. The Hall–Kier alpha value is -6.84. The second-order valence-electron chi connectivity index (χ2n) is 13.3. The number of hydrogen-bond donors (Lipinski definition) is 0. The summed E-state index contributed by atoms with van der Waals surface area (Å²) in [5.41, 5.74) is 8.43. The van der Waals surface area contributed by atoms with E-state index in [0.717, 1.165) is 44.7 Å². The predicted octanol–water partition coefficient (Wildman–Crippen LogP) is 13.6. The van der Waals surface area contributed by atoms with Crippen LogP contribution in [0.2, 0.25) is 0 Å². The molecule has 0 radical (unpaired) electrons. The van der Waals surface area contributed by atoms with Crippen LogP contribution in [0, 0.1) is 0 Å². The number of furan rings is 1. The Kier molecular flexibility index (Phi) is 5.96. The van der Waals surface area contributed by atoms with Gasteiger partial charge in [0, 0.05) is 38.3 Å². The molecule has 0 fully saturated rings. The largest absolute Gasteiger partial charge is 0.454 e. The maximum Gasteiger partial charge on any atom is 0.159 e. The van der Waals surface area contributed by atoms with Crippen molar-refractivity contribution < 1.29 is 4.42 Å². The summed E-state index contributed by atoms with van der Waals surface area (Å²) in [6.45, 7) is 0. The van der Waals surface area contributed by atoms with Crippen LogP contribution < -0.4 is 4.90 Å². The number of nitrogens with zero attached hydrogens (tertiary/aromatic N) is 2. The maximum absolute atomic E-state index is 6.71. The predicted molar refractivity (Wildman–Crippen MR) is 215 cm³/mol. The first-order valence-electron chi connectivity index (χ1n) is 17.4. The third kappa shape index (κ3) is 4.12. The quantitative estimate of drug-likeness (QED) is 0.177. The van der Waals surface area contributed by atoms with E-state index in [2.05, 4.69) is 185 Å². The van der Waals surface area contributed by atoms with Gasteiger partial charge in [0.1, 0.15) is 5.58 Å². The average Bonchev–Trinajstić information content (AvgIpc) is 3.74. The fourth-order valence-electron chi connectivity index (χ4n) is 8.31. The standard InChI is InChI=1S/C48H30N2O/c1-2-13-32(14-3-1)49-43-20-8-6-16-38(43)42-30-33(25-29-45(42)49)50(46-22-11-19-41-40-17-7-9-23-47(40)51-48(41)46)44-21-10-18-35-37-26-24-31-12-4-5-15-34(31)36(37)27-28-39(35)44/h1-30H. The smallest absolute Gasteiger partial charge is 0.159 e. The lowest BCUT2D eigenvalue weighted by molar-refractivity contribution is 0.669. The summed E-state index contributed by atoms with van der Waals surface area (Å²) in [5, 5.41) is 12.1. The molecule has 9 aromatic carbocycles. The van der Waals surface area contributed by atoms with Crippen LogP contribution in [-0.2, 0) is 0 Å². The molecule has 3 nitrogen and oxygen atoms in total. The van der Waals surface area contributed by atoms with E-state index in [9.17, 15) is 0 Å². The lowest BCUT2D eigenvalue weighted by atomic mass is 9.96. The lowest BCUT2D eigenvalue weighted by Gasteiger charge is -2.27. The average molecular weight is 651 g/mol. The summed E-state index contributed by atoms with van der Waals surface area (Å²) in [4.78, 5) is 2.40. The van der Waals surface area contributed by atoms with Crippen LogP contribution in [0.5, 0.6) is 0 Å². The van der Waals surface area contributed by atoms with Gasteiger partial charge in [0.15, 0.2) is 5.58 Å². The molecule has 0 N–H and O–H groups in total. The normalized spacial score (nSPS) is 11.9. The summed E-state index contributed by atoms with van der Waals surface area (Å²) in [6, 6.07) is 65.5. The number of benzene rings is 9. The molecule has 0 bridgehead atoms. The number of anilines is 3. The monoisotopic (exact) mass is 650 g/mol. The van der Waals surface area contributed by atoms with Crippen molar-refractivity contribution in [2.24, 2.45) is 0 Å². The maximum atomic E-state index is 6.71. The van der Waals surface area contributed by atoms with Gasteiger partial charge < -0.3 is 13.9 Å². The first-order valence-corrected chi connectivity index (χ1v) is 17.4. The number of rotatable bonds is 4. The van der Waals surface area contributed by atoms with Crippen molar-refractivity contribution in [3.05, 3.63) is 182 Å². The Bertz CT molecular complexity index is 3150. The Morgan fingerprint density at radius 3 is 1.90 bits per heavy atom. The minimum atomic E-state index is 0.870. The molecule has 51 heavy (non-hydrogen) atoms. The van der Waals surface area contributed by atoms with Gasteiger partial charge in [0.2, 0.25) is 0 Å². The van der Waals surface area contributed by atoms with E-state index in [1.807, 2.05) is 6.07 Å². The summed E-state index contributed by atoms with van der Waals surface area (Å²) < 4.78 is 9.08. The van der Waals surface area contributed by atoms with Crippen molar-refractivity contribution in [1.82, 2.24) is 4.57 Å². The Balaban J connectivity index is 1.23. The number of fused-ring (bicyclic) bond motifs is 11.